The summed E-state index contributed by atoms with van der Waals surface area (Å²) in [6, 6.07) is 11.3. The van der Waals surface area contributed by atoms with Crippen LogP contribution in [0.3, 0.4) is 0 Å². The van der Waals surface area contributed by atoms with Crippen LogP contribution in [0.25, 0.3) is 0 Å². The van der Waals surface area contributed by atoms with E-state index in [1.165, 1.54) is 24.3 Å². The van der Waals surface area contributed by atoms with Crippen molar-refractivity contribution in [2.45, 2.75) is 50.9 Å². The Morgan fingerprint density at radius 2 is 0.938 bits per heavy atom. The van der Waals surface area contributed by atoms with Gasteiger partial charge in [0.15, 0.2) is 0 Å². The maximum Gasteiger partial charge on any atom is 0.491 e. The minimum atomic E-state index is -5.10. The van der Waals surface area contributed by atoms with Crippen molar-refractivity contribution in [3.63, 3.8) is 0 Å². The first-order chi connectivity index (χ1) is 14.9. The second-order valence-electron chi connectivity index (χ2n) is 6.94. The van der Waals surface area contributed by atoms with Crippen LogP contribution >= 0.6 is 0 Å². The molecule has 4 nitrogen and oxygen atoms in total. The lowest BCUT2D eigenvalue weighted by molar-refractivity contribution is -0.189. The normalized spacial score (nSPS) is 13.9. The zero-order valence-electron chi connectivity index (χ0n) is 17.1. The Hall–Kier alpha value is -3.04. The molecule has 2 aromatic rings. The largest absolute Gasteiger partial charge is 0.491 e. The third-order valence-electron chi connectivity index (χ3n) is 4.87. The molecule has 0 radical (unpaired) electrons. The van der Waals surface area contributed by atoms with Crippen molar-refractivity contribution in [1.29, 1.82) is 0 Å². The summed E-state index contributed by atoms with van der Waals surface area (Å²) in [4.78, 5) is 21.9. The number of benzene rings is 2. The van der Waals surface area contributed by atoms with Crippen molar-refractivity contribution in [3.05, 3.63) is 59.7 Å². The molecular formula is C22H20F6O4. The molecule has 0 spiro atoms. The van der Waals surface area contributed by atoms with Crippen LogP contribution in [0.4, 0.5) is 26.3 Å². The number of carbonyl (C=O) groups excluding carboxylic acids is 2. The Labute approximate surface area is 180 Å². The molecule has 2 rings (SSSR count). The molecule has 174 valence electrons. The molecule has 0 aliphatic carbocycles. The quantitative estimate of drug-likeness (QED) is 0.275. The Kier molecular flexibility index (Phi) is 7.92. The molecule has 0 aliphatic rings. The van der Waals surface area contributed by atoms with E-state index in [0.29, 0.717) is 12.8 Å². The molecule has 0 aliphatic heterocycles. The first-order valence-corrected chi connectivity index (χ1v) is 9.64. The van der Waals surface area contributed by atoms with Crippen LogP contribution < -0.4 is 9.47 Å². The van der Waals surface area contributed by atoms with Crippen molar-refractivity contribution >= 4 is 11.9 Å². The number of carbonyl (C=O) groups is 2. The van der Waals surface area contributed by atoms with Gasteiger partial charge < -0.3 is 9.47 Å². The van der Waals surface area contributed by atoms with Crippen LogP contribution in [0, 0.1) is 0 Å². The van der Waals surface area contributed by atoms with Crippen LogP contribution in [-0.2, 0) is 9.59 Å². The summed E-state index contributed by atoms with van der Waals surface area (Å²) < 4.78 is 82.6. The molecule has 0 saturated heterocycles. The van der Waals surface area contributed by atoms with E-state index < -0.39 is 24.3 Å². The number of rotatable bonds is 7. The van der Waals surface area contributed by atoms with Gasteiger partial charge >= 0.3 is 24.3 Å². The maximum atomic E-state index is 12.3. The average molecular weight is 462 g/mol. The summed E-state index contributed by atoms with van der Waals surface area (Å²) >= 11 is 0. The van der Waals surface area contributed by atoms with Gasteiger partial charge in [-0.25, -0.2) is 9.59 Å². The first-order valence-electron chi connectivity index (χ1n) is 9.64. The molecule has 0 bridgehead atoms. The molecule has 0 N–H and O–H groups in total. The fraction of sp³-hybridized carbons (Fsp3) is 0.364. The molecule has 32 heavy (non-hydrogen) atoms. The van der Waals surface area contributed by atoms with Crippen LogP contribution in [0.15, 0.2) is 48.5 Å². The third-order valence-corrected chi connectivity index (χ3v) is 4.87. The zero-order valence-corrected chi connectivity index (χ0v) is 17.1. The first kappa shape index (κ1) is 25.2. The molecule has 0 aromatic heterocycles. The van der Waals surface area contributed by atoms with Gasteiger partial charge in [-0.05, 0) is 60.1 Å². The van der Waals surface area contributed by atoms with Crippen LogP contribution in [0.5, 0.6) is 11.5 Å². The monoisotopic (exact) mass is 462 g/mol. The Morgan fingerprint density at radius 1 is 0.656 bits per heavy atom. The van der Waals surface area contributed by atoms with Crippen molar-refractivity contribution < 1.29 is 45.4 Å². The number of hydrogen-bond donors (Lipinski definition) is 0. The average Bonchev–Trinajstić information content (AvgIpc) is 2.72. The molecule has 0 fully saturated rings. The molecule has 0 amide bonds. The lowest BCUT2D eigenvalue weighted by Crippen LogP contribution is -2.28. The van der Waals surface area contributed by atoms with Crippen LogP contribution in [-0.4, -0.2) is 24.3 Å². The van der Waals surface area contributed by atoms with Gasteiger partial charge in [-0.2, -0.15) is 26.3 Å². The van der Waals surface area contributed by atoms with Gasteiger partial charge in [0.05, 0.1) is 0 Å². The Bertz CT molecular complexity index is 840. The van der Waals surface area contributed by atoms with Gasteiger partial charge in [0.2, 0.25) is 0 Å². The minimum absolute atomic E-state index is 0.0732. The van der Waals surface area contributed by atoms with E-state index in [4.69, 9.17) is 0 Å². The Balaban J connectivity index is 2.18. The number of alkyl halides is 6. The van der Waals surface area contributed by atoms with E-state index in [1.807, 2.05) is 13.8 Å². The number of esters is 2. The molecule has 2 atom stereocenters. The van der Waals surface area contributed by atoms with Gasteiger partial charge in [-0.1, -0.05) is 38.1 Å². The van der Waals surface area contributed by atoms with E-state index in [-0.39, 0.29) is 23.3 Å². The lowest BCUT2D eigenvalue weighted by Gasteiger charge is -2.26. The van der Waals surface area contributed by atoms with E-state index in [9.17, 15) is 35.9 Å². The van der Waals surface area contributed by atoms with E-state index in [1.54, 1.807) is 24.3 Å². The van der Waals surface area contributed by atoms with Crippen LogP contribution in [0.1, 0.15) is 49.7 Å². The van der Waals surface area contributed by atoms with Crippen molar-refractivity contribution in [3.8, 4) is 11.5 Å². The smallest absolute Gasteiger partial charge is 0.420 e. The predicted molar refractivity (Wildman–Crippen MR) is 102 cm³/mol. The summed E-state index contributed by atoms with van der Waals surface area (Å²) in [5.74, 6) is -5.25. The van der Waals surface area contributed by atoms with Gasteiger partial charge in [0.25, 0.3) is 0 Å². The number of ether oxygens (including phenoxy) is 2. The second-order valence-corrected chi connectivity index (χ2v) is 6.94. The van der Waals surface area contributed by atoms with E-state index in [0.717, 1.165) is 11.1 Å². The fourth-order valence-electron chi connectivity index (χ4n) is 3.40. The highest BCUT2D eigenvalue weighted by Gasteiger charge is 2.42. The third kappa shape index (κ3) is 6.48. The fourth-order valence-corrected chi connectivity index (χ4v) is 3.40. The highest BCUT2D eigenvalue weighted by molar-refractivity contribution is 5.78. The van der Waals surface area contributed by atoms with Gasteiger partial charge in [-0.3, -0.25) is 0 Å². The molecule has 0 heterocycles. The summed E-state index contributed by atoms with van der Waals surface area (Å²) in [6.07, 6.45) is -8.88. The van der Waals surface area contributed by atoms with Crippen LogP contribution in [0.2, 0.25) is 0 Å². The summed E-state index contributed by atoms with van der Waals surface area (Å²) in [5, 5.41) is 0. The summed E-state index contributed by atoms with van der Waals surface area (Å²) in [6.45, 7) is 3.84. The molecule has 2 aromatic carbocycles. The molecular weight excluding hydrogens is 442 g/mol. The highest BCUT2D eigenvalue weighted by Crippen LogP contribution is 2.39. The highest BCUT2D eigenvalue weighted by atomic mass is 19.4. The Morgan fingerprint density at radius 3 is 1.16 bits per heavy atom. The zero-order chi connectivity index (χ0) is 24.1. The molecule has 2 unspecified atom stereocenters. The standard InChI is InChI=1S/C22H20F6O4/c1-3-17(13-5-9-15(10-6-13)31-19(29)21(23,24)25)18(4-2)14-7-11-16(12-8-14)32-20(30)22(26,27)28/h5-12,17-18H,3-4H2,1-2H3. The van der Waals surface area contributed by atoms with Gasteiger partial charge in [-0.15, -0.1) is 0 Å². The minimum Gasteiger partial charge on any atom is -0.420 e. The van der Waals surface area contributed by atoms with Gasteiger partial charge in [0.1, 0.15) is 11.5 Å². The predicted octanol–water partition coefficient (Wildman–Crippen LogP) is 6.31. The van der Waals surface area contributed by atoms with Gasteiger partial charge in [0, 0.05) is 0 Å². The number of halogens is 6. The molecule has 0 saturated carbocycles. The van der Waals surface area contributed by atoms with Crippen molar-refractivity contribution in [1.82, 2.24) is 0 Å². The molecule has 10 heteroatoms. The SMILES string of the molecule is CCC(c1ccc(OC(=O)C(F)(F)F)cc1)C(CC)c1ccc(OC(=O)C(F)(F)F)cc1. The summed E-state index contributed by atoms with van der Waals surface area (Å²) in [7, 11) is 0. The van der Waals surface area contributed by atoms with E-state index in [2.05, 4.69) is 9.47 Å². The summed E-state index contributed by atoms with van der Waals surface area (Å²) in [5.41, 5.74) is 1.58. The maximum absolute atomic E-state index is 12.3. The van der Waals surface area contributed by atoms with E-state index >= 15 is 0 Å². The van der Waals surface area contributed by atoms with Crippen molar-refractivity contribution in [2.75, 3.05) is 0 Å². The second kappa shape index (κ2) is 10.1. The lowest BCUT2D eigenvalue weighted by atomic mass is 9.78. The van der Waals surface area contributed by atoms with Crippen molar-refractivity contribution in [2.24, 2.45) is 0 Å². The number of hydrogen-bond acceptors (Lipinski definition) is 4. The topological polar surface area (TPSA) is 52.6 Å².